The Balaban J connectivity index is 2.23. The fraction of sp³-hybridized carbons (Fsp3) is 0.438. The Bertz CT molecular complexity index is 532. The maximum Gasteiger partial charge on any atom is 0.106 e. The van der Waals surface area contributed by atoms with E-state index in [0.29, 0.717) is 0 Å². The predicted octanol–water partition coefficient (Wildman–Crippen LogP) is 3.28. The highest BCUT2D eigenvalue weighted by molar-refractivity contribution is 5.67. The molecule has 0 aliphatic carbocycles. The monoisotopic (exact) mass is 257 g/mol. The summed E-state index contributed by atoms with van der Waals surface area (Å²) in [6, 6.07) is 4.44. The number of H-pyrrole nitrogens is 1. The smallest absolute Gasteiger partial charge is 0.106 e. The van der Waals surface area contributed by atoms with E-state index in [1.807, 2.05) is 6.20 Å². The number of hydrogen-bond donors (Lipinski definition) is 2. The molecular formula is C16H23N3. The summed E-state index contributed by atoms with van der Waals surface area (Å²) in [6.45, 7) is 7.20. The predicted molar refractivity (Wildman–Crippen MR) is 80.2 cm³/mol. The van der Waals surface area contributed by atoms with E-state index in [1.54, 1.807) is 0 Å². The molecule has 0 amide bonds. The number of benzene rings is 1. The van der Waals surface area contributed by atoms with Gasteiger partial charge in [-0.25, -0.2) is 4.98 Å². The van der Waals surface area contributed by atoms with E-state index in [2.05, 4.69) is 42.9 Å². The highest BCUT2D eigenvalue weighted by Gasteiger charge is 2.09. The number of aromatic nitrogens is 2. The summed E-state index contributed by atoms with van der Waals surface area (Å²) in [5.74, 6) is 1.06. The van der Waals surface area contributed by atoms with Crippen molar-refractivity contribution in [3.05, 3.63) is 40.8 Å². The fourth-order valence-electron chi connectivity index (χ4n) is 2.66. The number of aromatic amines is 1. The van der Waals surface area contributed by atoms with Crippen LogP contribution in [0.25, 0.3) is 11.3 Å². The van der Waals surface area contributed by atoms with Crippen molar-refractivity contribution < 1.29 is 0 Å². The van der Waals surface area contributed by atoms with Gasteiger partial charge in [0.1, 0.15) is 5.82 Å². The molecule has 0 fully saturated rings. The van der Waals surface area contributed by atoms with Gasteiger partial charge < -0.3 is 10.7 Å². The van der Waals surface area contributed by atoms with E-state index in [0.717, 1.165) is 37.3 Å². The van der Waals surface area contributed by atoms with Crippen molar-refractivity contribution in [3.63, 3.8) is 0 Å². The molecular weight excluding hydrogens is 234 g/mol. The van der Waals surface area contributed by atoms with Crippen molar-refractivity contribution >= 4 is 0 Å². The van der Waals surface area contributed by atoms with Crippen molar-refractivity contribution in [2.45, 2.75) is 40.0 Å². The molecule has 0 spiro atoms. The number of unbranched alkanes of at least 4 members (excludes halogenated alkanes) is 1. The highest BCUT2D eigenvalue weighted by Crippen LogP contribution is 2.27. The minimum atomic E-state index is 0.754. The molecule has 0 radical (unpaired) electrons. The average Bonchev–Trinajstić information content (AvgIpc) is 2.76. The Morgan fingerprint density at radius 1 is 1.11 bits per heavy atom. The van der Waals surface area contributed by atoms with Crippen LogP contribution in [0.15, 0.2) is 18.3 Å². The normalized spacial score (nSPS) is 10.9. The first kappa shape index (κ1) is 13.8. The Hall–Kier alpha value is -1.61. The molecule has 0 saturated carbocycles. The third kappa shape index (κ3) is 3.24. The second-order valence-electron chi connectivity index (χ2n) is 5.26. The highest BCUT2D eigenvalue weighted by atomic mass is 14.9. The van der Waals surface area contributed by atoms with Crippen LogP contribution < -0.4 is 5.73 Å². The summed E-state index contributed by atoms with van der Waals surface area (Å²) in [5.41, 5.74) is 11.8. The van der Waals surface area contributed by atoms with Crippen LogP contribution in [0.3, 0.4) is 0 Å². The van der Waals surface area contributed by atoms with E-state index >= 15 is 0 Å². The molecule has 0 bridgehead atoms. The van der Waals surface area contributed by atoms with E-state index in [4.69, 9.17) is 5.73 Å². The Morgan fingerprint density at radius 2 is 1.79 bits per heavy atom. The number of rotatable bonds is 5. The molecule has 102 valence electrons. The zero-order valence-electron chi connectivity index (χ0n) is 12.1. The quantitative estimate of drug-likeness (QED) is 0.808. The summed E-state index contributed by atoms with van der Waals surface area (Å²) >= 11 is 0. The van der Waals surface area contributed by atoms with Crippen LogP contribution in [0.1, 0.15) is 35.4 Å². The molecule has 2 aromatic rings. The number of nitrogens with zero attached hydrogens (tertiary/aromatic N) is 1. The summed E-state index contributed by atoms with van der Waals surface area (Å²) in [4.78, 5) is 7.91. The van der Waals surface area contributed by atoms with Crippen LogP contribution in [-0.2, 0) is 6.42 Å². The first-order valence-electron chi connectivity index (χ1n) is 6.94. The second-order valence-corrected chi connectivity index (χ2v) is 5.26. The fourth-order valence-corrected chi connectivity index (χ4v) is 2.66. The van der Waals surface area contributed by atoms with Gasteiger partial charge in [0.15, 0.2) is 0 Å². The van der Waals surface area contributed by atoms with Gasteiger partial charge >= 0.3 is 0 Å². The van der Waals surface area contributed by atoms with Gasteiger partial charge in [-0.1, -0.05) is 17.7 Å². The molecule has 0 unspecified atom stereocenters. The van der Waals surface area contributed by atoms with Crippen molar-refractivity contribution in [3.8, 4) is 11.3 Å². The molecule has 3 nitrogen and oxygen atoms in total. The summed E-state index contributed by atoms with van der Waals surface area (Å²) in [6.07, 6.45) is 5.07. The van der Waals surface area contributed by atoms with E-state index in [-0.39, 0.29) is 0 Å². The first-order valence-corrected chi connectivity index (χ1v) is 6.94. The van der Waals surface area contributed by atoms with Gasteiger partial charge in [-0.3, -0.25) is 0 Å². The van der Waals surface area contributed by atoms with Crippen molar-refractivity contribution in [2.75, 3.05) is 6.54 Å². The van der Waals surface area contributed by atoms with Gasteiger partial charge in [-0.05, 0) is 51.3 Å². The summed E-state index contributed by atoms with van der Waals surface area (Å²) < 4.78 is 0. The van der Waals surface area contributed by atoms with Gasteiger partial charge in [-0.2, -0.15) is 0 Å². The average molecular weight is 257 g/mol. The number of nitrogens with two attached hydrogens (primary N) is 1. The first-order chi connectivity index (χ1) is 9.11. The zero-order valence-corrected chi connectivity index (χ0v) is 12.1. The molecule has 19 heavy (non-hydrogen) atoms. The Labute approximate surface area is 115 Å². The lowest BCUT2D eigenvalue weighted by Crippen LogP contribution is -1.99. The maximum absolute atomic E-state index is 5.51. The largest absolute Gasteiger partial charge is 0.342 e. The Kier molecular flexibility index (Phi) is 4.38. The van der Waals surface area contributed by atoms with Gasteiger partial charge in [0.2, 0.25) is 0 Å². The molecule has 1 heterocycles. The van der Waals surface area contributed by atoms with Crippen LogP contribution in [-0.4, -0.2) is 16.5 Å². The molecule has 0 aliphatic heterocycles. The lowest BCUT2D eigenvalue weighted by molar-refractivity contribution is 0.723. The van der Waals surface area contributed by atoms with Gasteiger partial charge in [-0.15, -0.1) is 0 Å². The molecule has 0 aliphatic rings. The summed E-state index contributed by atoms with van der Waals surface area (Å²) in [5, 5.41) is 0. The lowest BCUT2D eigenvalue weighted by Gasteiger charge is -2.09. The molecule has 3 heteroatoms. The molecule has 2 rings (SSSR count). The van der Waals surface area contributed by atoms with Crippen LogP contribution in [0.5, 0.6) is 0 Å². The van der Waals surface area contributed by atoms with Crippen molar-refractivity contribution in [1.82, 2.24) is 9.97 Å². The number of nitrogens with one attached hydrogen (secondary N) is 1. The Morgan fingerprint density at radius 3 is 2.42 bits per heavy atom. The maximum atomic E-state index is 5.51. The molecule has 0 atom stereocenters. The van der Waals surface area contributed by atoms with Crippen LogP contribution in [0, 0.1) is 20.8 Å². The molecule has 1 aromatic carbocycles. The number of imidazole rings is 1. The lowest BCUT2D eigenvalue weighted by atomic mass is 9.98. The topological polar surface area (TPSA) is 54.7 Å². The molecule has 3 N–H and O–H groups in total. The van der Waals surface area contributed by atoms with Gasteiger partial charge in [0.25, 0.3) is 0 Å². The standard InChI is InChI=1S/C16H23N3/c1-11-8-12(2)16(13(3)9-11)14-10-18-15(19-14)6-4-5-7-17/h8-10H,4-7,17H2,1-3H3,(H,18,19). The van der Waals surface area contributed by atoms with Gasteiger partial charge in [0, 0.05) is 12.0 Å². The van der Waals surface area contributed by atoms with E-state index in [1.165, 1.54) is 22.3 Å². The van der Waals surface area contributed by atoms with Crippen molar-refractivity contribution in [2.24, 2.45) is 5.73 Å². The van der Waals surface area contributed by atoms with Crippen LogP contribution in [0.4, 0.5) is 0 Å². The SMILES string of the molecule is Cc1cc(C)c(-c2cnc(CCCCN)[nH]2)c(C)c1. The minimum Gasteiger partial charge on any atom is -0.342 e. The number of aryl methyl sites for hydroxylation is 4. The van der Waals surface area contributed by atoms with Crippen LogP contribution in [0.2, 0.25) is 0 Å². The molecule has 0 saturated heterocycles. The van der Waals surface area contributed by atoms with Crippen LogP contribution >= 0.6 is 0 Å². The van der Waals surface area contributed by atoms with Crippen molar-refractivity contribution in [1.29, 1.82) is 0 Å². The third-order valence-corrected chi connectivity index (χ3v) is 3.44. The zero-order chi connectivity index (χ0) is 13.8. The second kappa shape index (κ2) is 6.02. The molecule has 1 aromatic heterocycles. The van der Waals surface area contributed by atoms with Gasteiger partial charge in [0.05, 0.1) is 11.9 Å². The minimum absolute atomic E-state index is 0.754. The number of hydrogen-bond acceptors (Lipinski definition) is 2. The van der Waals surface area contributed by atoms with E-state index < -0.39 is 0 Å². The summed E-state index contributed by atoms with van der Waals surface area (Å²) in [7, 11) is 0. The van der Waals surface area contributed by atoms with E-state index in [9.17, 15) is 0 Å². The third-order valence-electron chi connectivity index (χ3n) is 3.44.